The van der Waals surface area contributed by atoms with Gasteiger partial charge >= 0.3 is 0 Å². The predicted octanol–water partition coefficient (Wildman–Crippen LogP) is 6.70. The van der Waals surface area contributed by atoms with Crippen molar-refractivity contribution in [3.8, 4) is 5.75 Å². The highest BCUT2D eigenvalue weighted by atomic mass is 16.5. The maximum Gasteiger partial charge on any atom is 0.267 e. The molecular weight excluding hydrogens is 486 g/mol. The summed E-state index contributed by atoms with van der Waals surface area (Å²) < 4.78 is 8.19. The van der Waals surface area contributed by atoms with Crippen LogP contribution >= 0.6 is 0 Å². The van der Waals surface area contributed by atoms with Crippen LogP contribution in [0.2, 0.25) is 0 Å². The normalized spacial score (nSPS) is 12.3. The number of rotatable bonds is 18. The Bertz CT molecular complexity index is 1010. The molecule has 0 unspecified atom stereocenters. The SMILES string of the molecule is CCN(CC)CCCNC(=O)c1cc(C(CC)(CC)c2ccc(OCCCCC(C)(C)O)c(C)c2)cn1CC. The van der Waals surface area contributed by atoms with Crippen LogP contribution in [0.4, 0.5) is 0 Å². The number of nitrogens with zero attached hydrogens (tertiary/aromatic N) is 2. The summed E-state index contributed by atoms with van der Waals surface area (Å²) in [5, 5.41) is 13.1. The van der Waals surface area contributed by atoms with Crippen LogP contribution in [0.25, 0.3) is 0 Å². The van der Waals surface area contributed by atoms with Gasteiger partial charge in [0.15, 0.2) is 0 Å². The molecule has 0 fully saturated rings. The Morgan fingerprint density at radius 2 is 1.69 bits per heavy atom. The van der Waals surface area contributed by atoms with E-state index in [9.17, 15) is 9.90 Å². The second-order valence-electron chi connectivity index (χ2n) is 11.4. The Morgan fingerprint density at radius 1 is 1.00 bits per heavy atom. The number of hydrogen-bond acceptors (Lipinski definition) is 4. The van der Waals surface area contributed by atoms with Gasteiger partial charge in [0.1, 0.15) is 11.4 Å². The number of ether oxygens (including phenoxy) is 1. The van der Waals surface area contributed by atoms with Crippen molar-refractivity contribution in [2.45, 2.75) is 111 Å². The fourth-order valence-electron chi connectivity index (χ4n) is 5.54. The van der Waals surface area contributed by atoms with Crippen LogP contribution in [0.3, 0.4) is 0 Å². The van der Waals surface area contributed by atoms with Gasteiger partial charge in [-0.2, -0.15) is 0 Å². The average Bonchev–Trinajstić information content (AvgIpc) is 3.35. The van der Waals surface area contributed by atoms with Gasteiger partial charge in [-0.25, -0.2) is 0 Å². The van der Waals surface area contributed by atoms with Gasteiger partial charge in [0.2, 0.25) is 0 Å². The van der Waals surface area contributed by atoms with Crippen molar-refractivity contribution in [1.82, 2.24) is 14.8 Å². The van der Waals surface area contributed by atoms with E-state index in [1.54, 1.807) is 0 Å². The predicted molar refractivity (Wildman–Crippen MR) is 163 cm³/mol. The third kappa shape index (κ3) is 9.11. The number of aromatic nitrogens is 1. The molecular formula is C33H55N3O3. The molecule has 1 aromatic heterocycles. The van der Waals surface area contributed by atoms with E-state index in [0.29, 0.717) is 13.2 Å². The second kappa shape index (κ2) is 15.5. The fraction of sp³-hybridized carbons (Fsp3) is 0.667. The molecule has 0 bridgehead atoms. The summed E-state index contributed by atoms with van der Waals surface area (Å²) in [6, 6.07) is 8.66. The molecule has 39 heavy (non-hydrogen) atoms. The van der Waals surface area contributed by atoms with Crippen LogP contribution in [0.15, 0.2) is 30.5 Å². The van der Waals surface area contributed by atoms with Crippen molar-refractivity contribution in [1.29, 1.82) is 0 Å². The Hall–Kier alpha value is -2.31. The van der Waals surface area contributed by atoms with Gasteiger partial charge in [0, 0.05) is 24.7 Å². The van der Waals surface area contributed by atoms with Crippen LogP contribution in [0.5, 0.6) is 5.75 Å². The highest BCUT2D eigenvalue weighted by Gasteiger charge is 2.33. The summed E-state index contributed by atoms with van der Waals surface area (Å²) in [6.45, 7) is 21.9. The number of carbonyl (C=O) groups is 1. The standard InChI is InChI=1S/C33H55N3O3/c1-9-33(10-2,27-17-18-30(26(6)23-27)39-22-15-14-19-32(7,8)38)28-24-29(36(13-5)25-28)31(37)34-20-16-21-35(11-3)12-4/h17-18,23-25,38H,9-16,19-22H2,1-8H3,(H,34,37). The lowest BCUT2D eigenvalue weighted by Gasteiger charge is -2.32. The molecule has 6 nitrogen and oxygen atoms in total. The Kier molecular flexibility index (Phi) is 13.1. The first kappa shape index (κ1) is 32.9. The average molecular weight is 542 g/mol. The first-order chi connectivity index (χ1) is 18.5. The van der Waals surface area contributed by atoms with Gasteiger partial charge in [0.05, 0.1) is 12.2 Å². The fourth-order valence-corrected chi connectivity index (χ4v) is 5.54. The molecule has 220 valence electrons. The molecule has 0 radical (unpaired) electrons. The van der Waals surface area contributed by atoms with E-state index in [2.05, 4.69) is 86.8 Å². The molecule has 2 aromatic rings. The smallest absolute Gasteiger partial charge is 0.267 e. The van der Waals surface area contributed by atoms with Crippen molar-refractivity contribution >= 4 is 5.91 Å². The topological polar surface area (TPSA) is 66.7 Å². The highest BCUT2D eigenvalue weighted by Crippen LogP contribution is 2.41. The Balaban J connectivity index is 2.18. The number of aliphatic hydroxyl groups is 1. The summed E-state index contributed by atoms with van der Waals surface area (Å²) in [5.74, 6) is 0.923. The molecule has 0 atom stereocenters. The maximum absolute atomic E-state index is 13.2. The zero-order chi connectivity index (χ0) is 29.1. The molecule has 0 spiro atoms. The first-order valence-electron chi connectivity index (χ1n) is 15.2. The van der Waals surface area contributed by atoms with Gasteiger partial charge in [-0.1, -0.05) is 39.8 Å². The maximum atomic E-state index is 13.2. The molecule has 1 amide bonds. The van der Waals surface area contributed by atoms with E-state index in [-0.39, 0.29) is 11.3 Å². The monoisotopic (exact) mass is 541 g/mol. The van der Waals surface area contributed by atoms with E-state index in [4.69, 9.17) is 4.74 Å². The van der Waals surface area contributed by atoms with Crippen LogP contribution in [-0.2, 0) is 12.0 Å². The number of amides is 1. The van der Waals surface area contributed by atoms with Crippen LogP contribution < -0.4 is 10.1 Å². The minimum absolute atomic E-state index is 0.00765. The largest absolute Gasteiger partial charge is 0.493 e. The number of aryl methyl sites for hydroxylation is 2. The lowest BCUT2D eigenvalue weighted by atomic mass is 9.71. The number of unbranched alkanes of at least 4 members (excludes halogenated alkanes) is 1. The number of nitrogens with one attached hydrogen (secondary N) is 1. The van der Waals surface area contributed by atoms with Crippen molar-refractivity contribution in [3.63, 3.8) is 0 Å². The van der Waals surface area contributed by atoms with E-state index < -0.39 is 5.60 Å². The summed E-state index contributed by atoms with van der Waals surface area (Å²) in [7, 11) is 0. The molecule has 1 heterocycles. The van der Waals surface area contributed by atoms with E-state index in [0.717, 1.165) is 81.7 Å². The third-order valence-corrected chi connectivity index (χ3v) is 8.23. The van der Waals surface area contributed by atoms with E-state index >= 15 is 0 Å². The summed E-state index contributed by atoms with van der Waals surface area (Å²) in [4.78, 5) is 15.6. The van der Waals surface area contributed by atoms with Gasteiger partial charge in [-0.3, -0.25) is 4.79 Å². The lowest BCUT2D eigenvalue weighted by molar-refractivity contribution is 0.0670. The third-order valence-electron chi connectivity index (χ3n) is 8.23. The molecule has 0 saturated heterocycles. The minimum atomic E-state index is -0.621. The Morgan fingerprint density at radius 3 is 2.26 bits per heavy atom. The molecule has 2 rings (SSSR count). The molecule has 0 aliphatic heterocycles. The van der Waals surface area contributed by atoms with Crippen molar-refractivity contribution in [2.24, 2.45) is 0 Å². The molecule has 0 aliphatic rings. The summed E-state index contributed by atoms with van der Waals surface area (Å²) >= 11 is 0. The van der Waals surface area contributed by atoms with Gasteiger partial charge in [-0.05, 0) is 115 Å². The summed E-state index contributed by atoms with van der Waals surface area (Å²) in [6.07, 6.45) is 7.66. The van der Waals surface area contributed by atoms with Crippen LogP contribution in [0.1, 0.15) is 114 Å². The quantitative estimate of drug-likeness (QED) is 0.206. The van der Waals surface area contributed by atoms with Gasteiger partial charge in [-0.15, -0.1) is 0 Å². The molecule has 2 N–H and O–H groups in total. The number of benzene rings is 1. The minimum Gasteiger partial charge on any atom is -0.493 e. The van der Waals surface area contributed by atoms with Crippen molar-refractivity contribution < 1.29 is 14.6 Å². The first-order valence-corrected chi connectivity index (χ1v) is 15.2. The van der Waals surface area contributed by atoms with Gasteiger partial charge < -0.3 is 24.6 Å². The zero-order valence-electron chi connectivity index (χ0n) is 26.0. The Labute approximate surface area is 238 Å². The lowest BCUT2D eigenvalue weighted by Crippen LogP contribution is -2.30. The number of hydrogen-bond donors (Lipinski definition) is 2. The molecule has 6 heteroatoms. The van der Waals surface area contributed by atoms with E-state index in [1.807, 2.05) is 13.8 Å². The summed E-state index contributed by atoms with van der Waals surface area (Å²) in [5.41, 5.74) is 3.53. The van der Waals surface area contributed by atoms with Crippen molar-refractivity contribution in [3.05, 3.63) is 52.8 Å². The zero-order valence-corrected chi connectivity index (χ0v) is 26.0. The van der Waals surface area contributed by atoms with Gasteiger partial charge in [0.25, 0.3) is 5.91 Å². The molecule has 1 aromatic carbocycles. The number of carbonyl (C=O) groups excluding carboxylic acids is 1. The van der Waals surface area contributed by atoms with Crippen LogP contribution in [0, 0.1) is 6.92 Å². The van der Waals surface area contributed by atoms with Crippen molar-refractivity contribution in [2.75, 3.05) is 32.8 Å². The van der Waals surface area contributed by atoms with E-state index in [1.165, 1.54) is 11.1 Å². The molecule has 0 saturated carbocycles. The van der Waals surface area contributed by atoms with Crippen LogP contribution in [-0.4, -0.2) is 58.9 Å². The highest BCUT2D eigenvalue weighted by molar-refractivity contribution is 5.93. The second-order valence-corrected chi connectivity index (χ2v) is 11.4. The molecule has 0 aliphatic carbocycles.